The Bertz CT molecular complexity index is 459. The Morgan fingerprint density at radius 3 is 1.82 bits per heavy atom. The molecule has 0 unspecified atom stereocenters. The van der Waals surface area contributed by atoms with Gasteiger partial charge < -0.3 is 11.5 Å². The predicted molar refractivity (Wildman–Crippen MR) is 70.2 cm³/mol. The highest BCUT2D eigenvalue weighted by Crippen LogP contribution is 2.24. The lowest BCUT2D eigenvalue weighted by atomic mass is 10.0. The lowest BCUT2D eigenvalue weighted by molar-refractivity contribution is 0.142. The SMILES string of the molecule is NON.Nc1ccc(-c2ccccc2)cc1N. The summed E-state index contributed by atoms with van der Waals surface area (Å²) < 4.78 is 0. The molecule has 0 aliphatic heterocycles. The second-order valence-electron chi connectivity index (χ2n) is 3.35. The third kappa shape index (κ3) is 3.76. The van der Waals surface area contributed by atoms with E-state index in [1.54, 1.807) is 0 Å². The number of benzene rings is 2. The molecule has 0 spiro atoms. The average Bonchev–Trinajstić information content (AvgIpc) is 2.35. The maximum Gasteiger partial charge on any atom is 0.0554 e. The third-order valence-electron chi connectivity index (χ3n) is 2.19. The molecule has 5 nitrogen and oxygen atoms in total. The van der Waals surface area contributed by atoms with Crippen LogP contribution in [0.25, 0.3) is 11.1 Å². The van der Waals surface area contributed by atoms with E-state index in [-0.39, 0.29) is 0 Å². The minimum Gasteiger partial charge on any atom is -0.397 e. The highest BCUT2D eigenvalue weighted by Gasteiger charge is 1.98. The lowest BCUT2D eigenvalue weighted by Crippen LogP contribution is -2.03. The Morgan fingerprint density at radius 1 is 0.706 bits per heavy atom. The minimum atomic E-state index is 0.629. The fourth-order valence-electron chi connectivity index (χ4n) is 1.38. The Kier molecular flexibility index (Phi) is 4.96. The van der Waals surface area contributed by atoms with Crippen LogP contribution in [0.3, 0.4) is 0 Å². The molecule has 0 radical (unpaired) electrons. The summed E-state index contributed by atoms with van der Waals surface area (Å²) in [7, 11) is 0. The molecule has 0 saturated heterocycles. The summed E-state index contributed by atoms with van der Waals surface area (Å²) >= 11 is 0. The van der Waals surface area contributed by atoms with E-state index in [1.165, 1.54) is 0 Å². The van der Waals surface area contributed by atoms with Crippen LogP contribution in [0, 0.1) is 0 Å². The van der Waals surface area contributed by atoms with Gasteiger partial charge >= 0.3 is 0 Å². The first-order chi connectivity index (χ1) is 8.19. The van der Waals surface area contributed by atoms with Crippen molar-refractivity contribution < 1.29 is 4.94 Å². The number of hydrogen-bond donors (Lipinski definition) is 4. The molecule has 2 aromatic rings. The van der Waals surface area contributed by atoms with Gasteiger partial charge in [0.05, 0.1) is 11.4 Å². The van der Waals surface area contributed by atoms with Crippen molar-refractivity contribution in [1.29, 1.82) is 0 Å². The monoisotopic (exact) mass is 232 g/mol. The molecule has 0 saturated carbocycles. The van der Waals surface area contributed by atoms with Crippen LogP contribution in [-0.4, -0.2) is 0 Å². The topological polar surface area (TPSA) is 113 Å². The van der Waals surface area contributed by atoms with Gasteiger partial charge in [-0.05, 0) is 23.3 Å². The molecule has 17 heavy (non-hydrogen) atoms. The smallest absolute Gasteiger partial charge is 0.0554 e. The van der Waals surface area contributed by atoms with Gasteiger partial charge in [-0.1, -0.05) is 36.4 Å². The molecule has 0 heterocycles. The fraction of sp³-hybridized carbons (Fsp3) is 0. The average molecular weight is 232 g/mol. The molecular formula is C12H16N4O. The zero-order valence-electron chi connectivity index (χ0n) is 9.34. The van der Waals surface area contributed by atoms with E-state index >= 15 is 0 Å². The fourth-order valence-corrected chi connectivity index (χ4v) is 1.38. The zero-order valence-corrected chi connectivity index (χ0v) is 9.34. The molecule has 2 rings (SSSR count). The molecule has 0 aromatic heterocycles. The molecule has 0 aliphatic carbocycles. The largest absolute Gasteiger partial charge is 0.397 e. The maximum atomic E-state index is 5.73. The van der Waals surface area contributed by atoms with Crippen LogP contribution in [0.4, 0.5) is 11.4 Å². The van der Waals surface area contributed by atoms with E-state index in [9.17, 15) is 0 Å². The van der Waals surface area contributed by atoms with Crippen LogP contribution in [0.5, 0.6) is 0 Å². The Morgan fingerprint density at radius 2 is 1.29 bits per heavy atom. The van der Waals surface area contributed by atoms with Gasteiger partial charge in [-0.15, -0.1) is 0 Å². The number of nitrogen functional groups attached to an aromatic ring is 2. The third-order valence-corrected chi connectivity index (χ3v) is 2.19. The normalized spacial score (nSPS) is 9.29. The van der Waals surface area contributed by atoms with E-state index in [1.807, 2.05) is 48.5 Å². The minimum absolute atomic E-state index is 0.629. The van der Waals surface area contributed by atoms with Gasteiger partial charge in [0.2, 0.25) is 0 Å². The molecule has 0 aliphatic rings. The first kappa shape index (κ1) is 13.0. The van der Waals surface area contributed by atoms with Crippen molar-refractivity contribution in [2.45, 2.75) is 0 Å². The van der Waals surface area contributed by atoms with Crippen molar-refractivity contribution in [3.63, 3.8) is 0 Å². The summed E-state index contributed by atoms with van der Waals surface area (Å²) in [5, 5.41) is 0. The lowest BCUT2D eigenvalue weighted by Gasteiger charge is -2.04. The second-order valence-corrected chi connectivity index (χ2v) is 3.35. The maximum absolute atomic E-state index is 5.73. The standard InChI is InChI=1S/C12H12N2.H4N2O/c13-11-7-6-10(8-12(11)14)9-4-2-1-3-5-9;1-3-2/h1-8H,13-14H2;1-2H2. The van der Waals surface area contributed by atoms with Crippen LogP contribution in [-0.2, 0) is 4.94 Å². The van der Waals surface area contributed by atoms with E-state index in [0.29, 0.717) is 11.4 Å². The Hall–Kier alpha value is -2.08. The summed E-state index contributed by atoms with van der Waals surface area (Å²) in [6.45, 7) is 0. The van der Waals surface area contributed by atoms with E-state index < -0.39 is 0 Å². The van der Waals surface area contributed by atoms with Gasteiger partial charge in [0.15, 0.2) is 0 Å². The zero-order chi connectivity index (χ0) is 12.7. The van der Waals surface area contributed by atoms with E-state index in [2.05, 4.69) is 16.7 Å². The molecule has 8 N–H and O–H groups in total. The molecule has 90 valence electrons. The molecular weight excluding hydrogens is 216 g/mol. The molecule has 0 fully saturated rings. The summed E-state index contributed by atoms with van der Waals surface area (Å²) in [6.07, 6.45) is 0. The molecule has 0 amide bonds. The van der Waals surface area contributed by atoms with Crippen molar-refractivity contribution in [3.05, 3.63) is 48.5 Å². The van der Waals surface area contributed by atoms with Crippen molar-refractivity contribution in [3.8, 4) is 11.1 Å². The van der Waals surface area contributed by atoms with Crippen LogP contribution in [0.2, 0.25) is 0 Å². The molecule has 2 aromatic carbocycles. The van der Waals surface area contributed by atoms with Gasteiger partial charge in [-0.3, -0.25) is 0 Å². The second kappa shape index (κ2) is 6.49. The van der Waals surface area contributed by atoms with Crippen molar-refractivity contribution in [1.82, 2.24) is 0 Å². The molecule has 5 heteroatoms. The number of anilines is 2. The summed E-state index contributed by atoms with van der Waals surface area (Å²) in [4.78, 5) is 3.25. The van der Waals surface area contributed by atoms with Gasteiger partial charge in [-0.25, -0.2) is 4.94 Å². The van der Waals surface area contributed by atoms with Crippen molar-refractivity contribution in [2.24, 2.45) is 11.8 Å². The van der Waals surface area contributed by atoms with Crippen LogP contribution < -0.4 is 23.3 Å². The van der Waals surface area contributed by atoms with Gasteiger partial charge in [0.25, 0.3) is 0 Å². The van der Waals surface area contributed by atoms with Crippen LogP contribution >= 0.6 is 0 Å². The first-order valence-electron chi connectivity index (χ1n) is 4.95. The summed E-state index contributed by atoms with van der Waals surface area (Å²) in [6, 6.07) is 15.8. The summed E-state index contributed by atoms with van der Waals surface area (Å²) in [5.41, 5.74) is 14.9. The van der Waals surface area contributed by atoms with Gasteiger partial charge in [0, 0.05) is 0 Å². The van der Waals surface area contributed by atoms with Crippen molar-refractivity contribution in [2.75, 3.05) is 11.5 Å². The van der Waals surface area contributed by atoms with Gasteiger partial charge in [-0.2, -0.15) is 11.8 Å². The van der Waals surface area contributed by atoms with Crippen LogP contribution in [0.15, 0.2) is 48.5 Å². The quantitative estimate of drug-likeness (QED) is 0.436. The molecule has 0 atom stereocenters. The predicted octanol–water partition coefficient (Wildman–Crippen LogP) is 1.27. The number of hydrogen-bond acceptors (Lipinski definition) is 5. The number of rotatable bonds is 1. The highest BCUT2D eigenvalue weighted by molar-refractivity contribution is 5.74. The highest BCUT2D eigenvalue weighted by atomic mass is 16.7. The van der Waals surface area contributed by atoms with Gasteiger partial charge in [0.1, 0.15) is 0 Å². The summed E-state index contributed by atoms with van der Waals surface area (Å²) in [5.74, 6) is 8.25. The first-order valence-corrected chi connectivity index (χ1v) is 4.95. The van der Waals surface area contributed by atoms with E-state index in [4.69, 9.17) is 11.5 Å². The van der Waals surface area contributed by atoms with E-state index in [0.717, 1.165) is 11.1 Å². The number of nitrogens with two attached hydrogens (primary N) is 4. The van der Waals surface area contributed by atoms with Crippen LogP contribution in [0.1, 0.15) is 0 Å². The Labute approximate surface area is 99.9 Å². The van der Waals surface area contributed by atoms with Crippen molar-refractivity contribution >= 4 is 11.4 Å². The molecule has 0 bridgehead atoms. The Balaban J connectivity index is 0.000000437.